The Hall–Kier alpha value is -0.710. The summed E-state index contributed by atoms with van der Waals surface area (Å²) in [5, 5.41) is 0.174. The average molecular weight is 235 g/mol. The highest BCUT2D eigenvalue weighted by Crippen LogP contribution is 2.14. The lowest BCUT2D eigenvalue weighted by Crippen LogP contribution is -2.11. The maximum absolute atomic E-state index is 11.4. The normalized spacial score (nSPS) is 10.2. The first kappa shape index (κ1) is 11.4. The zero-order valence-electron chi connectivity index (χ0n) is 7.46. The molecule has 1 aromatic rings. The van der Waals surface area contributed by atoms with Gasteiger partial charge in [-0.05, 0) is 18.5 Å². The Morgan fingerprint density at radius 2 is 2.29 bits per heavy atom. The van der Waals surface area contributed by atoms with Crippen LogP contribution in [0.4, 0.5) is 0 Å². The molecule has 0 aromatic carbocycles. The van der Waals surface area contributed by atoms with Crippen molar-refractivity contribution in [2.24, 2.45) is 0 Å². The maximum atomic E-state index is 11.4. The first-order valence-corrected chi connectivity index (χ1v) is 4.69. The van der Waals surface area contributed by atoms with E-state index < -0.39 is 0 Å². The number of aromatic nitrogens is 2. The van der Waals surface area contributed by atoms with Crippen molar-refractivity contribution in [3.05, 3.63) is 22.2 Å². The van der Waals surface area contributed by atoms with Gasteiger partial charge in [0.1, 0.15) is 12.3 Å². The fourth-order valence-corrected chi connectivity index (χ4v) is 1.13. The van der Waals surface area contributed by atoms with E-state index in [2.05, 4.69) is 9.97 Å². The van der Waals surface area contributed by atoms with E-state index in [1.165, 1.54) is 6.20 Å². The van der Waals surface area contributed by atoms with Gasteiger partial charge in [0.2, 0.25) is 11.1 Å². The second kappa shape index (κ2) is 5.24. The quantitative estimate of drug-likeness (QED) is 0.591. The van der Waals surface area contributed by atoms with Crippen molar-refractivity contribution in [2.75, 3.05) is 13.2 Å². The van der Waals surface area contributed by atoms with Crippen LogP contribution < -0.4 is 0 Å². The van der Waals surface area contributed by atoms with Gasteiger partial charge in [-0.2, -0.15) is 0 Å². The van der Waals surface area contributed by atoms with Crippen LogP contribution in [0.25, 0.3) is 0 Å². The van der Waals surface area contributed by atoms with E-state index >= 15 is 0 Å². The first-order chi connectivity index (χ1) is 6.65. The summed E-state index contributed by atoms with van der Waals surface area (Å²) < 4.78 is 4.93. The van der Waals surface area contributed by atoms with Crippen molar-refractivity contribution in [1.29, 1.82) is 0 Å². The number of hydrogen-bond acceptors (Lipinski definition) is 4. The summed E-state index contributed by atoms with van der Waals surface area (Å²) in [6, 6.07) is 0. The van der Waals surface area contributed by atoms with Gasteiger partial charge in [-0.25, -0.2) is 9.97 Å². The molecule has 1 rings (SSSR count). The zero-order chi connectivity index (χ0) is 10.6. The van der Waals surface area contributed by atoms with Gasteiger partial charge in [0.05, 0.1) is 11.2 Å². The van der Waals surface area contributed by atoms with E-state index in [-0.39, 0.29) is 28.4 Å². The van der Waals surface area contributed by atoms with Crippen molar-refractivity contribution in [1.82, 2.24) is 9.97 Å². The Bertz CT molecular complexity index is 344. The standard InChI is InChI=1S/C8H8Cl2N2O2/c1-2-14-4-6(13)7-5(9)3-11-8(10)12-7/h3H,2,4H2,1H3. The molecule has 0 saturated heterocycles. The molecule has 76 valence electrons. The van der Waals surface area contributed by atoms with Crippen molar-refractivity contribution in [3.8, 4) is 0 Å². The Labute approximate surface area is 91.2 Å². The lowest BCUT2D eigenvalue weighted by atomic mass is 10.3. The molecule has 6 heteroatoms. The topological polar surface area (TPSA) is 52.1 Å². The van der Waals surface area contributed by atoms with Crippen molar-refractivity contribution < 1.29 is 9.53 Å². The molecule has 0 fully saturated rings. The summed E-state index contributed by atoms with van der Waals surface area (Å²) in [5.74, 6) is -0.304. The number of ketones is 1. The summed E-state index contributed by atoms with van der Waals surface area (Å²) in [6.07, 6.45) is 1.29. The van der Waals surface area contributed by atoms with Gasteiger partial charge in [0.25, 0.3) is 0 Å². The van der Waals surface area contributed by atoms with Crippen LogP contribution in [0.2, 0.25) is 10.3 Å². The molecule has 1 heterocycles. The molecule has 1 aromatic heterocycles. The summed E-state index contributed by atoms with van der Waals surface area (Å²) in [4.78, 5) is 18.8. The van der Waals surface area contributed by atoms with Gasteiger partial charge in [-0.1, -0.05) is 11.6 Å². The van der Waals surface area contributed by atoms with Gasteiger partial charge in [0, 0.05) is 6.61 Å². The highest BCUT2D eigenvalue weighted by Gasteiger charge is 2.13. The van der Waals surface area contributed by atoms with Crippen LogP contribution in [0.3, 0.4) is 0 Å². The summed E-state index contributed by atoms with van der Waals surface area (Å²) >= 11 is 11.2. The highest BCUT2D eigenvalue weighted by atomic mass is 35.5. The summed E-state index contributed by atoms with van der Waals surface area (Å²) in [5.41, 5.74) is 0.0973. The van der Waals surface area contributed by atoms with Crippen LogP contribution in [0.15, 0.2) is 6.20 Å². The van der Waals surface area contributed by atoms with Crippen LogP contribution >= 0.6 is 23.2 Å². The molecule has 0 aliphatic rings. The largest absolute Gasteiger partial charge is 0.374 e. The molecular formula is C8H8Cl2N2O2. The van der Waals surface area contributed by atoms with E-state index in [0.29, 0.717) is 6.61 Å². The number of carbonyl (C=O) groups is 1. The van der Waals surface area contributed by atoms with Crippen LogP contribution in [-0.4, -0.2) is 29.0 Å². The third kappa shape index (κ3) is 2.90. The lowest BCUT2D eigenvalue weighted by molar-refractivity contribution is 0.0778. The maximum Gasteiger partial charge on any atom is 0.223 e. The molecule has 0 aliphatic heterocycles. The molecule has 0 spiro atoms. The molecule has 0 aliphatic carbocycles. The van der Waals surface area contributed by atoms with Crippen LogP contribution in [0.5, 0.6) is 0 Å². The van der Waals surface area contributed by atoms with E-state index in [0.717, 1.165) is 0 Å². The third-order valence-corrected chi connectivity index (χ3v) is 1.87. The Morgan fingerprint density at radius 3 is 2.93 bits per heavy atom. The monoisotopic (exact) mass is 234 g/mol. The number of nitrogens with zero attached hydrogens (tertiary/aromatic N) is 2. The number of hydrogen-bond donors (Lipinski definition) is 0. The van der Waals surface area contributed by atoms with E-state index in [9.17, 15) is 4.79 Å². The van der Waals surface area contributed by atoms with Gasteiger partial charge in [-0.15, -0.1) is 0 Å². The van der Waals surface area contributed by atoms with Gasteiger partial charge >= 0.3 is 0 Å². The molecule has 0 bridgehead atoms. The highest BCUT2D eigenvalue weighted by molar-refractivity contribution is 6.34. The fourth-order valence-electron chi connectivity index (χ4n) is 0.804. The molecule has 0 N–H and O–H groups in total. The van der Waals surface area contributed by atoms with Crippen molar-refractivity contribution in [2.45, 2.75) is 6.92 Å². The smallest absolute Gasteiger partial charge is 0.223 e. The summed E-state index contributed by atoms with van der Waals surface area (Å²) in [7, 11) is 0. The molecule has 0 amide bonds. The minimum Gasteiger partial charge on any atom is -0.374 e. The van der Waals surface area contributed by atoms with E-state index in [1.807, 2.05) is 0 Å². The van der Waals surface area contributed by atoms with Crippen LogP contribution in [0.1, 0.15) is 17.4 Å². The third-order valence-electron chi connectivity index (χ3n) is 1.42. The van der Waals surface area contributed by atoms with Gasteiger partial charge in [-0.3, -0.25) is 4.79 Å². The number of ether oxygens (including phenoxy) is 1. The molecule has 0 atom stereocenters. The zero-order valence-corrected chi connectivity index (χ0v) is 8.97. The number of halogens is 2. The van der Waals surface area contributed by atoms with Crippen LogP contribution in [-0.2, 0) is 4.74 Å². The minimum atomic E-state index is -0.304. The Kier molecular flexibility index (Phi) is 4.25. The SMILES string of the molecule is CCOCC(=O)c1nc(Cl)ncc1Cl. The molecular weight excluding hydrogens is 227 g/mol. The Morgan fingerprint density at radius 1 is 1.57 bits per heavy atom. The number of Topliss-reactive ketones (excluding diaryl/α,β-unsaturated/α-hetero) is 1. The summed E-state index contributed by atoms with van der Waals surface area (Å²) in [6.45, 7) is 2.20. The van der Waals surface area contributed by atoms with Gasteiger partial charge < -0.3 is 4.74 Å². The van der Waals surface area contributed by atoms with E-state index in [1.54, 1.807) is 6.92 Å². The predicted octanol–water partition coefficient (Wildman–Crippen LogP) is 2.00. The lowest BCUT2D eigenvalue weighted by Gasteiger charge is -2.02. The van der Waals surface area contributed by atoms with Crippen molar-refractivity contribution >= 4 is 29.0 Å². The van der Waals surface area contributed by atoms with E-state index in [4.69, 9.17) is 27.9 Å². The number of rotatable bonds is 4. The predicted molar refractivity (Wildman–Crippen MR) is 52.9 cm³/mol. The van der Waals surface area contributed by atoms with Gasteiger partial charge in [0.15, 0.2) is 0 Å². The molecule has 0 unspecified atom stereocenters. The second-order valence-corrected chi connectivity index (χ2v) is 3.14. The molecule has 0 saturated carbocycles. The molecule has 4 nitrogen and oxygen atoms in total. The Balaban J connectivity index is 2.83. The second-order valence-electron chi connectivity index (χ2n) is 2.40. The van der Waals surface area contributed by atoms with Crippen LogP contribution in [0, 0.1) is 0 Å². The van der Waals surface area contributed by atoms with Crippen molar-refractivity contribution in [3.63, 3.8) is 0 Å². The molecule has 14 heavy (non-hydrogen) atoms. The minimum absolute atomic E-state index is 0.00533. The number of carbonyl (C=O) groups excluding carboxylic acids is 1. The average Bonchev–Trinajstić information content (AvgIpc) is 2.18. The molecule has 0 radical (unpaired) electrons. The first-order valence-electron chi connectivity index (χ1n) is 3.94. The fraction of sp³-hybridized carbons (Fsp3) is 0.375.